The van der Waals surface area contributed by atoms with E-state index in [0.717, 1.165) is 5.82 Å². The Balaban J connectivity index is 2.09. The Kier molecular flexibility index (Phi) is 3.22. The molecule has 0 aliphatic carbocycles. The number of aryl methyl sites for hydroxylation is 2. The Bertz CT molecular complexity index is 579. The van der Waals surface area contributed by atoms with E-state index in [1.807, 2.05) is 7.05 Å². The first-order chi connectivity index (χ1) is 8.58. The summed E-state index contributed by atoms with van der Waals surface area (Å²) >= 11 is 0. The number of hydrogen-bond acceptors (Lipinski definition) is 5. The van der Waals surface area contributed by atoms with Gasteiger partial charge in [0.05, 0.1) is 17.8 Å². The van der Waals surface area contributed by atoms with Gasteiger partial charge in [0.1, 0.15) is 12.1 Å². The van der Waals surface area contributed by atoms with E-state index in [2.05, 4.69) is 20.5 Å². The zero-order valence-electron chi connectivity index (χ0n) is 10.1. The largest absolute Gasteiger partial charge is 0.478 e. The highest BCUT2D eigenvalue weighted by molar-refractivity contribution is 5.89. The van der Waals surface area contributed by atoms with Crippen LogP contribution in [0.25, 0.3) is 0 Å². The zero-order valence-corrected chi connectivity index (χ0v) is 10.1. The quantitative estimate of drug-likeness (QED) is 0.831. The molecule has 0 amide bonds. The molecule has 0 bridgehead atoms. The predicted octanol–water partition coefficient (Wildman–Crippen LogP) is 0.829. The van der Waals surface area contributed by atoms with Gasteiger partial charge in [-0.2, -0.15) is 0 Å². The number of pyridine rings is 1. The molecule has 2 N–H and O–H groups in total. The molecule has 7 heteroatoms. The van der Waals surface area contributed by atoms with E-state index in [0.29, 0.717) is 18.1 Å². The fraction of sp³-hybridized carbons (Fsp3) is 0.273. The maximum Gasteiger partial charge on any atom is 0.337 e. The van der Waals surface area contributed by atoms with Crippen LogP contribution >= 0.6 is 0 Å². The van der Waals surface area contributed by atoms with E-state index in [-0.39, 0.29) is 5.56 Å². The van der Waals surface area contributed by atoms with Crippen molar-refractivity contribution >= 4 is 11.8 Å². The Labute approximate surface area is 104 Å². The second-order valence-corrected chi connectivity index (χ2v) is 3.85. The van der Waals surface area contributed by atoms with Gasteiger partial charge in [0.15, 0.2) is 5.82 Å². The molecule has 94 valence electrons. The molecule has 0 unspecified atom stereocenters. The maximum absolute atomic E-state index is 10.8. The van der Waals surface area contributed by atoms with Gasteiger partial charge in [0.25, 0.3) is 0 Å². The van der Waals surface area contributed by atoms with Crippen molar-refractivity contribution in [3.05, 3.63) is 35.5 Å². The summed E-state index contributed by atoms with van der Waals surface area (Å²) in [6.07, 6.45) is 1.61. The van der Waals surface area contributed by atoms with Crippen LogP contribution in [0.3, 0.4) is 0 Å². The van der Waals surface area contributed by atoms with Gasteiger partial charge in [-0.1, -0.05) is 0 Å². The molecule has 7 nitrogen and oxygen atoms in total. The molecule has 0 atom stereocenters. The number of carboxylic acid groups (broad SMARTS) is 1. The van der Waals surface area contributed by atoms with E-state index < -0.39 is 5.97 Å². The first-order valence-corrected chi connectivity index (χ1v) is 5.35. The van der Waals surface area contributed by atoms with Gasteiger partial charge >= 0.3 is 5.97 Å². The molecule has 0 radical (unpaired) electrons. The van der Waals surface area contributed by atoms with Crippen molar-refractivity contribution in [1.82, 2.24) is 19.7 Å². The van der Waals surface area contributed by atoms with Crippen LogP contribution in [0.15, 0.2) is 18.5 Å². The number of hydrogen-bond donors (Lipinski definition) is 2. The monoisotopic (exact) mass is 247 g/mol. The highest BCUT2D eigenvalue weighted by atomic mass is 16.4. The SMILES string of the molecule is Cc1nc(NCc2nncn2C)ccc1C(=O)O. The number of aromatic carboxylic acids is 1. The zero-order chi connectivity index (χ0) is 13.1. The molecule has 0 aromatic carbocycles. The van der Waals surface area contributed by atoms with Gasteiger partial charge in [-0.3, -0.25) is 0 Å². The van der Waals surface area contributed by atoms with Crippen molar-refractivity contribution in [3.8, 4) is 0 Å². The molecular weight excluding hydrogens is 234 g/mol. The molecule has 0 saturated heterocycles. The molecule has 2 heterocycles. The average Bonchev–Trinajstić information content (AvgIpc) is 2.72. The Hall–Kier alpha value is -2.44. The van der Waals surface area contributed by atoms with Gasteiger partial charge in [-0.25, -0.2) is 9.78 Å². The van der Waals surface area contributed by atoms with Gasteiger partial charge < -0.3 is 15.0 Å². The molecule has 2 aromatic heterocycles. The standard InChI is InChI=1S/C11H13N5O2/c1-7-8(11(17)18)3-4-9(14-7)12-5-10-15-13-6-16(10)2/h3-4,6H,5H2,1-2H3,(H,12,14)(H,17,18). The summed E-state index contributed by atoms with van der Waals surface area (Å²) < 4.78 is 1.80. The number of nitrogens with one attached hydrogen (secondary N) is 1. The van der Waals surface area contributed by atoms with Crippen LogP contribution in [0.2, 0.25) is 0 Å². The van der Waals surface area contributed by atoms with E-state index >= 15 is 0 Å². The first-order valence-electron chi connectivity index (χ1n) is 5.35. The summed E-state index contributed by atoms with van der Waals surface area (Å²) in [5, 5.41) is 19.6. The third-order valence-electron chi connectivity index (χ3n) is 2.55. The van der Waals surface area contributed by atoms with Crippen LogP contribution in [0, 0.1) is 6.92 Å². The van der Waals surface area contributed by atoms with E-state index in [9.17, 15) is 4.79 Å². The summed E-state index contributed by atoms with van der Waals surface area (Å²) in [5.74, 6) is 0.414. The molecule has 0 aliphatic rings. The van der Waals surface area contributed by atoms with Crippen LogP contribution in [0.1, 0.15) is 21.9 Å². The van der Waals surface area contributed by atoms with Crippen molar-refractivity contribution in [2.75, 3.05) is 5.32 Å². The topological polar surface area (TPSA) is 92.9 Å². The molecule has 2 rings (SSSR count). The maximum atomic E-state index is 10.8. The van der Waals surface area contributed by atoms with Crippen molar-refractivity contribution in [1.29, 1.82) is 0 Å². The van der Waals surface area contributed by atoms with Crippen LogP contribution in [-0.2, 0) is 13.6 Å². The molecule has 2 aromatic rings. The first kappa shape index (κ1) is 12.0. The average molecular weight is 247 g/mol. The third-order valence-corrected chi connectivity index (χ3v) is 2.55. The number of nitrogens with zero attached hydrogens (tertiary/aromatic N) is 4. The number of carbonyl (C=O) groups is 1. The Morgan fingerprint density at radius 1 is 1.50 bits per heavy atom. The molecule has 0 aliphatic heterocycles. The van der Waals surface area contributed by atoms with Crippen LogP contribution in [-0.4, -0.2) is 30.8 Å². The van der Waals surface area contributed by atoms with E-state index in [1.54, 1.807) is 23.9 Å². The summed E-state index contributed by atoms with van der Waals surface area (Å²) in [7, 11) is 1.85. The van der Waals surface area contributed by atoms with Gasteiger partial charge in [-0.15, -0.1) is 10.2 Å². The molecule has 0 fully saturated rings. The lowest BCUT2D eigenvalue weighted by Crippen LogP contribution is -2.08. The van der Waals surface area contributed by atoms with Crippen molar-refractivity contribution < 1.29 is 9.90 Å². The third kappa shape index (κ3) is 2.45. The van der Waals surface area contributed by atoms with Gasteiger partial charge in [0, 0.05) is 7.05 Å². The minimum atomic E-state index is -0.972. The van der Waals surface area contributed by atoms with E-state index in [1.165, 1.54) is 6.07 Å². The Morgan fingerprint density at radius 3 is 2.83 bits per heavy atom. The minimum Gasteiger partial charge on any atom is -0.478 e. The summed E-state index contributed by atoms with van der Waals surface area (Å²) in [4.78, 5) is 15.0. The molecular formula is C11H13N5O2. The lowest BCUT2D eigenvalue weighted by molar-refractivity contribution is 0.0695. The van der Waals surface area contributed by atoms with Gasteiger partial charge in [0.2, 0.25) is 0 Å². The van der Waals surface area contributed by atoms with Crippen LogP contribution in [0.4, 0.5) is 5.82 Å². The van der Waals surface area contributed by atoms with Crippen LogP contribution in [0.5, 0.6) is 0 Å². The minimum absolute atomic E-state index is 0.208. The molecule has 0 spiro atoms. The summed E-state index contributed by atoms with van der Waals surface area (Å²) in [5.41, 5.74) is 0.685. The predicted molar refractivity (Wildman–Crippen MR) is 64.3 cm³/mol. The lowest BCUT2D eigenvalue weighted by Gasteiger charge is -2.07. The Morgan fingerprint density at radius 2 is 2.28 bits per heavy atom. The number of aromatic nitrogens is 4. The summed E-state index contributed by atoms with van der Waals surface area (Å²) in [6.45, 7) is 2.15. The highest BCUT2D eigenvalue weighted by Crippen LogP contribution is 2.11. The van der Waals surface area contributed by atoms with Crippen molar-refractivity contribution in [2.24, 2.45) is 7.05 Å². The fourth-order valence-electron chi connectivity index (χ4n) is 1.52. The van der Waals surface area contributed by atoms with Crippen molar-refractivity contribution in [2.45, 2.75) is 13.5 Å². The van der Waals surface area contributed by atoms with Crippen molar-refractivity contribution in [3.63, 3.8) is 0 Å². The van der Waals surface area contributed by atoms with Crippen LogP contribution < -0.4 is 5.32 Å². The molecule has 18 heavy (non-hydrogen) atoms. The number of anilines is 1. The smallest absolute Gasteiger partial charge is 0.337 e. The number of carboxylic acids is 1. The van der Waals surface area contributed by atoms with E-state index in [4.69, 9.17) is 5.11 Å². The lowest BCUT2D eigenvalue weighted by atomic mass is 10.2. The highest BCUT2D eigenvalue weighted by Gasteiger charge is 2.08. The normalized spacial score (nSPS) is 10.3. The van der Waals surface area contributed by atoms with Gasteiger partial charge in [-0.05, 0) is 19.1 Å². The second kappa shape index (κ2) is 4.82. The second-order valence-electron chi connectivity index (χ2n) is 3.85. The molecule has 0 saturated carbocycles. The number of rotatable bonds is 4. The summed E-state index contributed by atoms with van der Waals surface area (Å²) in [6, 6.07) is 3.16. The fourth-order valence-corrected chi connectivity index (χ4v) is 1.52.